The van der Waals surface area contributed by atoms with Gasteiger partial charge >= 0.3 is 0 Å². The number of fused-ring (bicyclic) bond motifs is 1. The van der Waals surface area contributed by atoms with Gasteiger partial charge < -0.3 is 19.2 Å². The lowest BCUT2D eigenvalue weighted by Gasteiger charge is -2.08. The fourth-order valence-electron chi connectivity index (χ4n) is 2.45. The fourth-order valence-corrected chi connectivity index (χ4v) is 2.45. The van der Waals surface area contributed by atoms with Gasteiger partial charge in [0.25, 0.3) is 5.91 Å². The summed E-state index contributed by atoms with van der Waals surface area (Å²) in [6, 6.07) is 9.03. The number of nitrogens with zero attached hydrogens (tertiary/aromatic N) is 2. The number of aryl methyl sites for hydroxylation is 1. The minimum absolute atomic E-state index is 0.208. The molecule has 0 fully saturated rings. The lowest BCUT2D eigenvalue weighted by molar-refractivity contribution is 0.0949. The third-order valence-corrected chi connectivity index (χ3v) is 3.69. The van der Waals surface area contributed by atoms with Gasteiger partial charge in [0.15, 0.2) is 0 Å². The second-order valence-corrected chi connectivity index (χ2v) is 5.49. The number of rotatable bonds is 5. The number of hydrogen-bond acceptors (Lipinski definition) is 4. The van der Waals surface area contributed by atoms with Crippen molar-refractivity contribution in [3.05, 3.63) is 59.5 Å². The maximum absolute atomic E-state index is 12.4. The highest BCUT2D eigenvalue weighted by Crippen LogP contribution is 2.22. The zero-order valence-corrected chi connectivity index (χ0v) is 13.9. The van der Waals surface area contributed by atoms with Gasteiger partial charge in [-0.2, -0.15) is 0 Å². The molecule has 1 amide bonds. The second-order valence-electron chi connectivity index (χ2n) is 5.49. The van der Waals surface area contributed by atoms with Crippen molar-refractivity contribution in [3.63, 3.8) is 0 Å². The number of carbonyl (C=O) groups is 1. The number of aromatic nitrogens is 2. The van der Waals surface area contributed by atoms with Crippen LogP contribution in [-0.2, 0) is 6.54 Å². The molecule has 0 saturated carbocycles. The summed E-state index contributed by atoms with van der Waals surface area (Å²) in [5, 5.41) is 2.87. The van der Waals surface area contributed by atoms with E-state index in [1.54, 1.807) is 32.4 Å². The number of imidazole rings is 1. The normalized spacial score (nSPS) is 10.6. The van der Waals surface area contributed by atoms with E-state index in [2.05, 4.69) is 10.3 Å². The van der Waals surface area contributed by atoms with Crippen LogP contribution in [0.4, 0.5) is 0 Å². The standard InChI is InChI=1S/C18H19N3O3/c1-12-4-5-17-20-14(11-21(17)10-12)9-19-18(22)13-6-15(23-2)8-16(7-13)24-3/h4-8,10-11H,9H2,1-3H3,(H,19,22). The van der Waals surface area contributed by atoms with Gasteiger partial charge in [0.2, 0.25) is 0 Å². The Balaban J connectivity index is 1.74. The van der Waals surface area contributed by atoms with E-state index in [1.807, 2.05) is 35.9 Å². The Labute approximate surface area is 140 Å². The van der Waals surface area contributed by atoms with Gasteiger partial charge in [-0.05, 0) is 30.7 Å². The molecule has 24 heavy (non-hydrogen) atoms. The zero-order chi connectivity index (χ0) is 17.1. The van der Waals surface area contributed by atoms with E-state index in [-0.39, 0.29) is 5.91 Å². The smallest absolute Gasteiger partial charge is 0.251 e. The van der Waals surface area contributed by atoms with E-state index in [1.165, 1.54) is 0 Å². The Kier molecular flexibility index (Phi) is 4.37. The van der Waals surface area contributed by atoms with Crippen molar-refractivity contribution in [1.29, 1.82) is 0 Å². The van der Waals surface area contributed by atoms with Gasteiger partial charge in [0, 0.05) is 24.0 Å². The van der Waals surface area contributed by atoms with Crippen LogP contribution in [0.15, 0.2) is 42.7 Å². The molecule has 0 bridgehead atoms. The maximum atomic E-state index is 12.4. The van der Waals surface area contributed by atoms with E-state index in [0.717, 1.165) is 16.9 Å². The van der Waals surface area contributed by atoms with Crippen molar-refractivity contribution >= 4 is 11.6 Å². The molecular weight excluding hydrogens is 306 g/mol. The van der Waals surface area contributed by atoms with Crippen molar-refractivity contribution in [2.24, 2.45) is 0 Å². The summed E-state index contributed by atoms with van der Waals surface area (Å²) in [6.45, 7) is 2.37. The SMILES string of the molecule is COc1cc(OC)cc(C(=O)NCc2cn3cc(C)ccc3n2)c1. The first kappa shape index (κ1) is 15.9. The Morgan fingerprint density at radius 2 is 1.83 bits per heavy atom. The topological polar surface area (TPSA) is 64.9 Å². The summed E-state index contributed by atoms with van der Waals surface area (Å²) in [5.41, 5.74) is 3.28. The lowest BCUT2D eigenvalue weighted by atomic mass is 10.2. The quantitative estimate of drug-likeness (QED) is 0.783. The van der Waals surface area contributed by atoms with Gasteiger partial charge in [0.1, 0.15) is 17.1 Å². The first-order valence-corrected chi connectivity index (χ1v) is 7.54. The number of hydrogen-bond donors (Lipinski definition) is 1. The Morgan fingerprint density at radius 1 is 1.12 bits per heavy atom. The highest BCUT2D eigenvalue weighted by molar-refractivity contribution is 5.95. The molecule has 0 aliphatic rings. The van der Waals surface area contributed by atoms with Crippen LogP contribution < -0.4 is 14.8 Å². The van der Waals surface area contributed by atoms with Crippen LogP contribution in [0.1, 0.15) is 21.6 Å². The van der Waals surface area contributed by atoms with E-state index in [4.69, 9.17) is 9.47 Å². The third kappa shape index (κ3) is 3.32. The van der Waals surface area contributed by atoms with Gasteiger partial charge in [-0.1, -0.05) is 6.07 Å². The summed E-state index contributed by atoms with van der Waals surface area (Å²) in [6.07, 6.45) is 3.91. The van der Waals surface area contributed by atoms with Crippen LogP contribution in [0, 0.1) is 6.92 Å². The molecule has 0 aliphatic carbocycles. The summed E-state index contributed by atoms with van der Waals surface area (Å²) >= 11 is 0. The average Bonchev–Trinajstić information content (AvgIpc) is 3.01. The minimum atomic E-state index is -0.208. The Hall–Kier alpha value is -3.02. The van der Waals surface area contributed by atoms with Crippen LogP contribution in [0.3, 0.4) is 0 Å². The zero-order valence-electron chi connectivity index (χ0n) is 13.9. The molecule has 2 heterocycles. The lowest BCUT2D eigenvalue weighted by Crippen LogP contribution is -2.23. The third-order valence-electron chi connectivity index (χ3n) is 3.69. The van der Waals surface area contributed by atoms with E-state index in [0.29, 0.717) is 23.6 Å². The first-order chi connectivity index (χ1) is 11.6. The first-order valence-electron chi connectivity index (χ1n) is 7.54. The number of ether oxygens (including phenoxy) is 2. The molecule has 2 aromatic heterocycles. The number of methoxy groups -OCH3 is 2. The Morgan fingerprint density at radius 3 is 2.50 bits per heavy atom. The van der Waals surface area contributed by atoms with Crippen molar-refractivity contribution in [2.75, 3.05) is 14.2 Å². The fraction of sp³-hybridized carbons (Fsp3) is 0.222. The summed E-state index contributed by atoms with van der Waals surface area (Å²) < 4.78 is 12.3. The maximum Gasteiger partial charge on any atom is 0.251 e. The molecule has 0 spiro atoms. The highest BCUT2D eigenvalue weighted by Gasteiger charge is 2.10. The van der Waals surface area contributed by atoms with Crippen LogP contribution in [0.2, 0.25) is 0 Å². The number of nitrogens with one attached hydrogen (secondary N) is 1. The number of pyridine rings is 1. The molecule has 3 rings (SSSR count). The summed E-state index contributed by atoms with van der Waals surface area (Å²) in [5.74, 6) is 0.936. The molecule has 0 atom stereocenters. The Bertz CT molecular complexity index is 864. The molecule has 0 saturated heterocycles. The number of amides is 1. The van der Waals surface area contributed by atoms with Crippen LogP contribution in [-0.4, -0.2) is 29.5 Å². The predicted molar refractivity (Wildman–Crippen MR) is 90.6 cm³/mol. The molecule has 0 aliphatic heterocycles. The van der Waals surface area contributed by atoms with Gasteiger partial charge in [-0.25, -0.2) is 4.98 Å². The van der Waals surface area contributed by atoms with Crippen molar-refractivity contribution in [3.8, 4) is 11.5 Å². The second kappa shape index (κ2) is 6.62. The molecule has 0 unspecified atom stereocenters. The molecule has 6 heteroatoms. The van der Waals surface area contributed by atoms with Crippen LogP contribution in [0.5, 0.6) is 11.5 Å². The van der Waals surface area contributed by atoms with E-state index >= 15 is 0 Å². The van der Waals surface area contributed by atoms with Crippen molar-refractivity contribution < 1.29 is 14.3 Å². The molecule has 6 nitrogen and oxygen atoms in total. The number of carbonyl (C=O) groups excluding carboxylic acids is 1. The van der Waals surface area contributed by atoms with Crippen molar-refractivity contribution in [2.45, 2.75) is 13.5 Å². The minimum Gasteiger partial charge on any atom is -0.497 e. The van der Waals surface area contributed by atoms with Crippen molar-refractivity contribution in [1.82, 2.24) is 14.7 Å². The van der Waals surface area contributed by atoms with Gasteiger partial charge in [0.05, 0.1) is 26.5 Å². The predicted octanol–water partition coefficient (Wildman–Crippen LogP) is 2.59. The largest absolute Gasteiger partial charge is 0.497 e. The van der Waals surface area contributed by atoms with Gasteiger partial charge in [-0.3, -0.25) is 4.79 Å². The molecule has 0 radical (unpaired) electrons. The van der Waals surface area contributed by atoms with E-state index in [9.17, 15) is 4.79 Å². The molecule has 1 aromatic carbocycles. The van der Waals surface area contributed by atoms with Crippen LogP contribution >= 0.6 is 0 Å². The molecule has 124 valence electrons. The highest BCUT2D eigenvalue weighted by atomic mass is 16.5. The number of benzene rings is 1. The average molecular weight is 325 g/mol. The summed E-state index contributed by atoms with van der Waals surface area (Å²) in [7, 11) is 3.10. The van der Waals surface area contributed by atoms with E-state index < -0.39 is 0 Å². The monoisotopic (exact) mass is 325 g/mol. The van der Waals surface area contributed by atoms with Gasteiger partial charge in [-0.15, -0.1) is 0 Å². The molecular formula is C18H19N3O3. The summed E-state index contributed by atoms with van der Waals surface area (Å²) in [4.78, 5) is 16.9. The molecule has 1 N–H and O–H groups in total. The molecule has 3 aromatic rings. The van der Waals surface area contributed by atoms with Crippen LogP contribution in [0.25, 0.3) is 5.65 Å².